The lowest BCUT2D eigenvalue weighted by Gasteiger charge is -2.19. The van der Waals surface area contributed by atoms with Crippen LogP contribution in [-0.4, -0.2) is 166 Å². The number of hydrogen-bond acceptors (Lipinski definition) is 19. The molecule has 0 aromatic heterocycles. The Bertz CT molecular complexity index is 1760. The Morgan fingerprint density at radius 2 is 0.682 bits per heavy atom. The smallest absolute Gasteiger partial charge is 0.333 e. The number of ether oxygens (including phenoxy) is 10. The molecular formula is C44H73O19P3. The van der Waals surface area contributed by atoms with E-state index in [1.165, 1.54) is 20.8 Å². The summed E-state index contributed by atoms with van der Waals surface area (Å²) in [4.78, 5) is 67.3. The third-order valence-corrected chi connectivity index (χ3v) is 9.15. The monoisotopic (exact) mass is 998 g/mol. The largest absolute Gasteiger partial charge is 0.463 e. The van der Waals surface area contributed by atoms with Gasteiger partial charge in [0, 0.05) is 41.1 Å². The molecule has 0 spiro atoms. The van der Waals surface area contributed by atoms with Gasteiger partial charge in [-0.1, -0.05) is 39.5 Å². The zero-order chi connectivity index (χ0) is 51.7. The van der Waals surface area contributed by atoms with Gasteiger partial charge >= 0.3 is 35.8 Å². The van der Waals surface area contributed by atoms with Crippen molar-refractivity contribution in [2.45, 2.75) is 58.8 Å². The molecule has 22 heteroatoms. The molecule has 0 bridgehead atoms. The third-order valence-electron chi connectivity index (χ3n) is 6.83. The summed E-state index contributed by atoms with van der Waals surface area (Å²) >= 11 is 0. The molecule has 0 saturated carbocycles. The topological polar surface area (TPSA) is 246 Å². The average Bonchev–Trinajstić information content (AvgIpc) is 3.21. The van der Waals surface area contributed by atoms with Gasteiger partial charge in [0.05, 0.1) is 32.3 Å². The highest BCUT2D eigenvalue weighted by Gasteiger charge is 2.21. The molecule has 0 radical (unpaired) electrons. The molecule has 19 nitrogen and oxygen atoms in total. The molecule has 2 unspecified atom stereocenters. The molecule has 0 fully saturated rings. The molecule has 0 aromatic carbocycles. The lowest BCUT2D eigenvalue weighted by molar-refractivity contribution is -0.150. The van der Waals surface area contributed by atoms with Crippen LogP contribution in [0.1, 0.15) is 40.5 Å². The van der Waals surface area contributed by atoms with Crippen LogP contribution in [0.2, 0.25) is 0 Å². The Morgan fingerprint density at radius 3 is 0.955 bits per heavy atom. The predicted octanol–water partition coefficient (Wildman–Crippen LogP) is 6.59. The summed E-state index contributed by atoms with van der Waals surface area (Å²) in [6.07, 6.45) is 1.71. The molecule has 0 aliphatic carbocycles. The SMILES string of the molecule is C=C(C)C(=O)OCC(COC(=O)C(=C)C)OCP(C)(C)=O.C=CC(=O)OCC(COC(=O)C(=C)C)OCP(C)(C)=O.C=CC(=O)OCCCCOCC(COC(=O)C(=C)C)OCP(C)(C)=O. The van der Waals surface area contributed by atoms with Gasteiger partial charge in [0.1, 0.15) is 72.8 Å². The molecular weight excluding hydrogens is 925 g/mol. The molecule has 378 valence electrons. The number of rotatable bonds is 32. The summed E-state index contributed by atoms with van der Waals surface area (Å²) in [6.45, 7) is 36.6. The van der Waals surface area contributed by atoms with Gasteiger partial charge in [-0.05, 0) is 80.5 Å². The molecule has 0 saturated heterocycles. The average molecular weight is 999 g/mol. The van der Waals surface area contributed by atoms with Crippen molar-refractivity contribution in [3.8, 4) is 0 Å². The second-order valence-corrected chi connectivity index (χ2v) is 26.2. The molecule has 0 amide bonds. The Morgan fingerprint density at radius 1 is 0.424 bits per heavy atom. The number of carbonyl (C=O) groups is 6. The third kappa shape index (κ3) is 43.7. The number of hydrogen-bond donors (Lipinski definition) is 0. The van der Waals surface area contributed by atoms with Gasteiger partial charge in [-0.3, -0.25) is 0 Å². The molecule has 66 heavy (non-hydrogen) atoms. The summed E-state index contributed by atoms with van der Waals surface area (Å²) in [5, 5.41) is 0. The van der Waals surface area contributed by atoms with E-state index in [0.717, 1.165) is 12.2 Å². The minimum Gasteiger partial charge on any atom is -0.463 e. The van der Waals surface area contributed by atoms with Crippen molar-refractivity contribution < 1.29 is 89.8 Å². The zero-order valence-electron chi connectivity index (χ0n) is 40.4. The summed E-state index contributed by atoms with van der Waals surface area (Å²) in [5.74, 6) is -3.26. The van der Waals surface area contributed by atoms with Gasteiger partial charge in [-0.15, -0.1) is 0 Å². The summed E-state index contributed by atoms with van der Waals surface area (Å²) in [5.41, 5.74) is 1.06. The van der Waals surface area contributed by atoms with Gasteiger partial charge in [0.25, 0.3) is 0 Å². The highest BCUT2D eigenvalue weighted by Crippen LogP contribution is 2.37. The molecule has 0 aliphatic heterocycles. The van der Waals surface area contributed by atoms with Gasteiger partial charge in [-0.2, -0.15) is 0 Å². The molecule has 0 aromatic rings. The molecule has 0 rings (SSSR count). The van der Waals surface area contributed by atoms with Crippen LogP contribution in [0.4, 0.5) is 0 Å². The van der Waals surface area contributed by atoms with Crippen LogP contribution in [0.15, 0.2) is 73.9 Å². The van der Waals surface area contributed by atoms with Crippen molar-refractivity contribution in [2.75, 3.05) is 112 Å². The maximum atomic E-state index is 11.8. The van der Waals surface area contributed by atoms with E-state index < -0.39 is 75.6 Å². The van der Waals surface area contributed by atoms with Crippen LogP contribution in [-0.2, 0) is 89.8 Å². The first kappa shape index (κ1) is 66.1. The van der Waals surface area contributed by atoms with Gasteiger partial charge < -0.3 is 61.1 Å². The van der Waals surface area contributed by atoms with Gasteiger partial charge in [0.2, 0.25) is 0 Å². The Hall–Kier alpha value is -4.21. The fourth-order valence-electron chi connectivity index (χ4n) is 3.44. The van der Waals surface area contributed by atoms with E-state index in [1.807, 2.05) is 0 Å². The van der Waals surface area contributed by atoms with Gasteiger partial charge in [0.15, 0.2) is 0 Å². The van der Waals surface area contributed by atoms with Crippen molar-refractivity contribution >= 4 is 57.2 Å². The second-order valence-electron chi connectivity index (χ2n) is 16.0. The van der Waals surface area contributed by atoms with Crippen molar-refractivity contribution in [2.24, 2.45) is 0 Å². The lowest BCUT2D eigenvalue weighted by atomic mass is 10.3. The fourth-order valence-corrected chi connectivity index (χ4v) is 5.15. The number of carbonyl (C=O) groups excluding carboxylic acids is 6. The summed E-state index contributed by atoms with van der Waals surface area (Å²) in [6, 6.07) is 0. The highest BCUT2D eigenvalue weighted by molar-refractivity contribution is 7.62. The van der Waals surface area contributed by atoms with Crippen molar-refractivity contribution in [3.05, 3.63) is 73.9 Å². The Labute approximate surface area is 390 Å². The normalized spacial score (nSPS) is 11.9. The summed E-state index contributed by atoms with van der Waals surface area (Å²) in [7, 11) is -7.12. The maximum absolute atomic E-state index is 11.8. The maximum Gasteiger partial charge on any atom is 0.333 e. The Balaban J connectivity index is -0.000000909. The minimum atomic E-state index is -2.39. The van der Waals surface area contributed by atoms with Crippen molar-refractivity contribution in [1.29, 1.82) is 0 Å². The Kier molecular flexibility index (Phi) is 35.9. The first-order valence-electron chi connectivity index (χ1n) is 20.3. The first-order valence-corrected chi connectivity index (χ1v) is 28.6. The van der Waals surface area contributed by atoms with E-state index in [-0.39, 0.29) is 75.4 Å². The van der Waals surface area contributed by atoms with E-state index in [0.29, 0.717) is 31.6 Å². The minimum absolute atomic E-state index is 0.00262. The van der Waals surface area contributed by atoms with Crippen LogP contribution in [0.3, 0.4) is 0 Å². The van der Waals surface area contributed by atoms with Crippen molar-refractivity contribution in [3.63, 3.8) is 0 Å². The predicted molar refractivity (Wildman–Crippen MR) is 253 cm³/mol. The van der Waals surface area contributed by atoms with Crippen LogP contribution in [0, 0.1) is 0 Å². The molecule has 0 aliphatic rings. The van der Waals surface area contributed by atoms with E-state index in [9.17, 15) is 42.5 Å². The lowest BCUT2D eigenvalue weighted by Crippen LogP contribution is -2.29. The molecule has 2 atom stereocenters. The van der Waals surface area contributed by atoms with E-state index in [2.05, 4.69) is 39.5 Å². The van der Waals surface area contributed by atoms with Crippen molar-refractivity contribution in [1.82, 2.24) is 0 Å². The molecule has 0 heterocycles. The van der Waals surface area contributed by atoms with Gasteiger partial charge in [-0.25, -0.2) is 28.8 Å². The zero-order valence-corrected chi connectivity index (χ0v) is 43.1. The van der Waals surface area contributed by atoms with E-state index in [1.54, 1.807) is 46.9 Å². The van der Waals surface area contributed by atoms with Crippen LogP contribution >= 0.6 is 21.4 Å². The van der Waals surface area contributed by atoms with E-state index >= 15 is 0 Å². The summed E-state index contributed by atoms with van der Waals surface area (Å²) < 4.78 is 86.3. The van der Waals surface area contributed by atoms with Crippen LogP contribution in [0.5, 0.6) is 0 Å². The first-order chi connectivity index (χ1) is 30.3. The second kappa shape index (κ2) is 35.9. The fraction of sp³-hybridized carbons (Fsp3) is 0.591. The number of esters is 6. The quantitative estimate of drug-likeness (QED) is 0.0227. The van der Waals surface area contributed by atoms with Crippen LogP contribution < -0.4 is 0 Å². The highest BCUT2D eigenvalue weighted by atomic mass is 31.2. The number of unbranched alkanes of at least 4 members (excludes halogenated alkanes) is 1. The van der Waals surface area contributed by atoms with Crippen LogP contribution in [0.25, 0.3) is 0 Å². The standard InChI is InChI=1S/C17H29O7P.C14H23O6P.C13H21O6P/c1-6-16(18)22-10-8-7-9-21-11-15(24-13-25(4,5)20)12-23-17(19)14(2)3;1-10(2)13(15)18-7-12(20-9-21(5,6)17)8-19-14(16)11(3)4;1-6-12(14)17-7-11(19-9-20(4,5)16)8-18-13(15)10(2)3/h6,15H,1-2,7-13H2,3-5H3;12H,1,3,7-9H2,2,4-6H3;6,11H,1-2,7-9H2,3-5H3. The molecule has 0 N–H and O–H groups in total. The van der Waals surface area contributed by atoms with E-state index in [4.69, 9.17) is 47.4 Å².